The zero-order valence-corrected chi connectivity index (χ0v) is 14.3. The number of hydrogen-bond donors (Lipinski definition) is 2. The van der Waals surface area contributed by atoms with Gasteiger partial charge in [0, 0.05) is 18.8 Å². The van der Waals surface area contributed by atoms with Crippen LogP contribution < -0.4 is 10.5 Å². The molecular weight excluding hydrogens is 310 g/mol. The second-order valence-electron chi connectivity index (χ2n) is 5.77. The molecule has 0 aliphatic rings. The molecule has 0 unspecified atom stereocenters. The van der Waals surface area contributed by atoms with Crippen LogP contribution in [-0.2, 0) is 23.0 Å². The first-order valence-electron chi connectivity index (χ1n) is 7.44. The van der Waals surface area contributed by atoms with Gasteiger partial charge in [0.25, 0.3) is 0 Å². The third kappa shape index (κ3) is 5.35. The first-order chi connectivity index (χ1) is 10.9. The Balaban J connectivity index is 1.94. The van der Waals surface area contributed by atoms with Crippen molar-refractivity contribution in [3.05, 3.63) is 59.7 Å². The molecule has 0 aliphatic carbocycles. The molecule has 0 bridgehead atoms. The van der Waals surface area contributed by atoms with Crippen molar-refractivity contribution in [1.29, 1.82) is 0 Å². The van der Waals surface area contributed by atoms with Gasteiger partial charge in [0.1, 0.15) is 0 Å². The lowest BCUT2D eigenvalue weighted by Gasteiger charge is -2.11. The van der Waals surface area contributed by atoms with Crippen LogP contribution in [0, 0.1) is 0 Å². The van der Waals surface area contributed by atoms with Gasteiger partial charge in [-0.25, -0.2) is 13.1 Å². The lowest BCUT2D eigenvalue weighted by Crippen LogP contribution is -2.26. The highest BCUT2D eigenvalue weighted by molar-refractivity contribution is 7.89. The lowest BCUT2D eigenvalue weighted by atomic mass is 10.1. The maximum absolute atomic E-state index is 12.3. The molecule has 124 valence electrons. The van der Waals surface area contributed by atoms with Gasteiger partial charge in [-0.1, -0.05) is 24.3 Å². The Morgan fingerprint density at radius 2 is 1.52 bits per heavy atom. The minimum atomic E-state index is -3.47. The smallest absolute Gasteiger partial charge is 0.240 e. The lowest BCUT2D eigenvalue weighted by molar-refractivity contribution is 0.402. The highest BCUT2D eigenvalue weighted by Crippen LogP contribution is 2.12. The molecule has 0 aliphatic heterocycles. The van der Waals surface area contributed by atoms with Crippen LogP contribution in [0.15, 0.2) is 53.4 Å². The topological polar surface area (TPSA) is 75.4 Å². The fourth-order valence-electron chi connectivity index (χ4n) is 2.24. The van der Waals surface area contributed by atoms with Gasteiger partial charge in [-0.15, -0.1) is 0 Å². The summed E-state index contributed by atoms with van der Waals surface area (Å²) in [6.07, 6.45) is 0.623. The van der Waals surface area contributed by atoms with Crippen molar-refractivity contribution >= 4 is 15.7 Å². The molecule has 0 fully saturated rings. The number of sulfonamides is 1. The number of rotatable bonds is 7. The molecule has 0 saturated carbocycles. The second-order valence-corrected chi connectivity index (χ2v) is 7.54. The van der Waals surface area contributed by atoms with E-state index in [2.05, 4.69) is 4.72 Å². The van der Waals surface area contributed by atoms with Crippen LogP contribution in [-0.4, -0.2) is 34.0 Å². The highest BCUT2D eigenvalue weighted by Gasteiger charge is 2.13. The predicted octanol–water partition coefficient (Wildman–Crippen LogP) is 1.85. The summed E-state index contributed by atoms with van der Waals surface area (Å²) in [7, 11) is 0.479. The van der Waals surface area contributed by atoms with Gasteiger partial charge >= 0.3 is 0 Å². The van der Waals surface area contributed by atoms with Crippen molar-refractivity contribution in [2.75, 3.05) is 26.4 Å². The van der Waals surface area contributed by atoms with E-state index in [9.17, 15) is 8.42 Å². The molecule has 0 amide bonds. The molecule has 0 aromatic heterocycles. The van der Waals surface area contributed by atoms with Crippen molar-refractivity contribution in [2.24, 2.45) is 0 Å². The van der Waals surface area contributed by atoms with E-state index >= 15 is 0 Å². The van der Waals surface area contributed by atoms with Crippen molar-refractivity contribution < 1.29 is 8.42 Å². The molecule has 2 rings (SSSR count). The quantitative estimate of drug-likeness (QED) is 0.758. The number of benzene rings is 2. The minimum Gasteiger partial charge on any atom is -0.399 e. The standard InChI is InChI=1S/C17H23N3O2S/c1-20(2)13-15-5-9-17(10-6-15)23(21,22)19-12-11-14-3-7-16(18)8-4-14/h3-10,19H,11-13,18H2,1-2H3. The van der Waals surface area contributed by atoms with Gasteiger partial charge in [0.2, 0.25) is 10.0 Å². The Kier molecular flexibility index (Phi) is 5.76. The van der Waals surface area contributed by atoms with E-state index in [-0.39, 0.29) is 4.90 Å². The Bertz CT molecular complexity index is 723. The van der Waals surface area contributed by atoms with Crippen LogP contribution in [0.2, 0.25) is 0 Å². The summed E-state index contributed by atoms with van der Waals surface area (Å²) in [5.74, 6) is 0. The summed E-state index contributed by atoms with van der Waals surface area (Å²) < 4.78 is 27.2. The number of anilines is 1. The van der Waals surface area contributed by atoms with Gasteiger partial charge in [-0.05, 0) is 55.9 Å². The average molecular weight is 333 g/mol. The Morgan fingerprint density at radius 3 is 2.09 bits per heavy atom. The molecule has 23 heavy (non-hydrogen) atoms. The van der Waals surface area contributed by atoms with Crippen molar-refractivity contribution in [2.45, 2.75) is 17.9 Å². The molecule has 2 aromatic carbocycles. The zero-order valence-electron chi connectivity index (χ0n) is 13.5. The van der Waals surface area contributed by atoms with Crippen LogP contribution in [0.25, 0.3) is 0 Å². The summed E-state index contributed by atoms with van der Waals surface area (Å²) in [4.78, 5) is 2.33. The number of nitrogens with zero attached hydrogens (tertiary/aromatic N) is 1. The maximum Gasteiger partial charge on any atom is 0.240 e. The Morgan fingerprint density at radius 1 is 0.957 bits per heavy atom. The molecule has 0 atom stereocenters. The third-order valence-electron chi connectivity index (χ3n) is 3.42. The van der Waals surface area contributed by atoms with Crippen LogP contribution in [0.3, 0.4) is 0 Å². The highest BCUT2D eigenvalue weighted by atomic mass is 32.2. The summed E-state index contributed by atoms with van der Waals surface area (Å²) in [5.41, 5.74) is 8.45. The van der Waals surface area contributed by atoms with Crippen LogP contribution in [0.1, 0.15) is 11.1 Å². The molecule has 3 N–H and O–H groups in total. The Hall–Kier alpha value is -1.89. The van der Waals surface area contributed by atoms with Crippen LogP contribution >= 0.6 is 0 Å². The SMILES string of the molecule is CN(C)Cc1ccc(S(=O)(=O)NCCc2ccc(N)cc2)cc1. The van der Waals surface area contributed by atoms with Crippen molar-refractivity contribution in [1.82, 2.24) is 9.62 Å². The van der Waals surface area contributed by atoms with Crippen molar-refractivity contribution in [3.63, 3.8) is 0 Å². The summed E-state index contributed by atoms with van der Waals surface area (Å²) in [6.45, 7) is 1.14. The molecule has 0 spiro atoms. The van der Waals surface area contributed by atoms with Gasteiger partial charge in [-0.2, -0.15) is 0 Å². The van der Waals surface area contributed by atoms with E-state index in [1.54, 1.807) is 12.1 Å². The number of nitrogens with one attached hydrogen (secondary N) is 1. The van der Waals surface area contributed by atoms with E-state index in [0.717, 1.165) is 17.7 Å². The summed E-state index contributed by atoms with van der Waals surface area (Å²) in [6, 6.07) is 14.4. The van der Waals surface area contributed by atoms with Gasteiger partial charge < -0.3 is 10.6 Å². The normalized spacial score (nSPS) is 11.8. The minimum absolute atomic E-state index is 0.289. The maximum atomic E-state index is 12.3. The van der Waals surface area contributed by atoms with E-state index in [1.165, 1.54) is 0 Å². The first-order valence-corrected chi connectivity index (χ1v) is 8.93. The molecule has 0 saturated heterocycles. The van der Waals surface area contributed by atoms with Crippen molar-refractivity contribution in [3.8, 4) is 0 Å². The average Bonchev–Trinajstić information content (AvgIpc) is 2.49. The monoisotopic (exact) mass is 333 g/mol. The van der Waals surface area contributed by atoms with E-state index in [0.29, 0.717) is 18.7 Å². The molecule has 2 aromatic rings. The first kappa shape index (κ1) is 17.5. The summed E-state index contributed by atoms with van der Waals surface area (Å²) >= 11 is 0. The fourth-order valence-corrected chi connectivity index (χ4v) is 3.27. The van der Waals surface area contributed by atoms with E-state index in [4.69, 9.17) is 5.73 Å². The second kappa shape index (κ2) is 7.59. The largest absolute Gasteiger partial charge is 0.399 e. The van der Waals surface area contributed by atoms with E-state index < -0.39 is 10.0 Å². The molecule has 5 nitrogen and oxygen atoms in total. The molecular formula is C17H23N3O2S. The zero-order chi connectivity index (χ0) is 16.9. The number of nitrogens with two attached hydrogens (primary N) is 1. The fraction of sp³-hybridized carbons (Fsp3) is 0.294. The molecule has 0 heterocycles. The number of nitrogen functional groups attached to an aromatic ring is 1. The molecule has 0 radical (unpaired) electrons. The summed E-state index contributed by atoms with van der Waals surface area (Å²) in [5, 5.41) is 0. The third-order valence-corrected chi connectivity index (χ3v) is 4.89. The van der Waals surface area contributed by atoms with Crippen LogP contribution in [0.5, 0.6) is 0 Å². The van der Waals surface area contributed by atoms with Crippen LogP contribution in [0.4, 0.5) is 5.69 Å². The van der Waals surface area contributed by atoms with Gasteiger partial charge in [0.15, 0.2) is 0 Å². The predicted molar refractivity (Wildman–Crippen MR) is 93.6 cm³/mol. The number of hydrogen-bond acceptors (Lipinski definition) is 4. The van der Waals surface area contributed by atoms with Gasteiger partial charge in [-0.3, -0.25) is 0 Å². The Labute approximate surface area is 138 Å². The molecule has 6 heteroatoms. The van der Waals surface area contributed by atoms with Gasteiger partial charge in [0.05, 0.1) is 4.90 Å². The van der Waals surface area contributed by atoms with E-state index in [1.807, 2.05) is 55.4 Å².